The Balaban J connectivity index is 2.91. The van der Waals surface area contributed by atoms with Crippen molar-refractivity contribution in [2.24, 2.45) is 5.92 Å². The summed E-state index contributed by atoms with van der Waals surface area (Å²) in [6.07, 6.45) is 4.76. The Labute approximate surface area is 131 Å². The standard InChI is InChI=1S/C16H25BrClN/c1-4-9-19-16(10-12(5-2)6-3)14-11-13(17)7-8-15(14)18/h7-8,11-12,16,19H,4-6,9-10H2,1-3H3. The van der Waals surface area contributed by atoms with Crippen molar-refractivity contribution >= 4 is 27.5 Å². The third kappa shape index (κ3) is 5.45. The van der Waals surface area contributed by atoms with E-state index in [1.165, 1.54) is 18.4 Å². The van der Waals surface area contributed by atoms with Gasteiger partial charge in [0.1, 0.15) is 0 Å². The number of rotatable bonds is 8. The largest absolute Gasteiger partial charge is 0.310 e. The van der Waals surface area contributed by atoms with Crippen molar-refractivity contribution in [1.29, 1.82) is 0 Å². The number of nitrogens with one attached hydrogen (secondary N) is 1. The monoisotopic (exact) mass is 345 g/mol. The van der Waals surface area contributed by atoms with Crippen molar-refractivity contribution < 1.29 is 0 Å². The summed E-state index contributed by atoms with van der Waals surface area (Å²) in [7, 11) is 0. The quantitative estimate of drug-likeness (QED) is 0.611. The van der Waals surface area contributed by atoms with Crippen LogP contribution in [0.25, 0.3) is 0 Å². The summed E-state index contributed by atoms with van der Waals surface area (Å²) in [5, 5.41) is 4.51. The van der Waals surface area contributed by atoms with Crippen LogP contribution in [-0.4, -0.2) is 6.54 Å². The van der Waals surface area contributed by atoms with Crippen LogP contribution in [0.3, 0.4) is 0 Å². The van der Waals surface area contributed by atoms with E-state index in [-0.39, 0.29) is 0 Å². The highest BCUT2D eigenvalue weighted by molar-refractivity contribution is 9.10. The minimum Gasteiger partial charge on any atom is -0.310 e. The molecule has 0 aliphatic heterocycles. The van der Waals surface area contributed by atoms with Gasteiger partial charge in [-0.3, -0.25) is 0 Å². The molecule has 0 bridgehead atoms. The first-order valence-corrected chi connectivity index (χ1v) is 8.47. The highest BCUT2D eigenvalue weighted by atomic mass is 79.9. The number of halogens is 2. The number of hydrogen-bond acceptors (Lipinski definition) is 1. The first-order valence-electron chi connectivity index (χ1n) is 7.30. The second-order valence-corrected chi connectivity index (χ2v) is 6.41. The Bertz CT molecular complexity index is 377. The summed E-state index contributed by atoms with van der Waals surface area (Å²) in [6.45, 7) is 7.78. The van der Waals surface area contributed by atoms with E-state index in [2.05, 4.69) is 48.1 Å². The van der Waals surface area contributed by atoms with Gasteiger partial charge in [0, 0.05) is 15.5 Å². The fourth-order valence-electron chi connectivity index (χ4n) is 2.38. The first kappa shape index (κ1) is 17.0. The van der Waals surface area contributed by atoms with Crippen LogP contribution in [0.2, 0.25) is 5.02 Å². The molecule has 1 aromatic rings. The summed E-state index contributed by atoms with van der Waals surface area (Å²) in [6, 6.07) is 6.49. The second kappa shape index (κ2) is 8.99. The first-order chi connectivity index (χ1) is 9.12. The van der Waals surface area contributed by atoms with E-state index in [0.29, 0.717) is 6.04 Å². The summed E-state index contributed by atoms with van der Waals surface area (Å²) < 4.78 is 1.10. The maximum atomic E-state index is 6.38. The van der Waals surface area contributed by atoms with Gasteiger partial charge in [-0.05, 0) is 49.1 Å². The highest BCUT2D eigenvalue weighted by Gasteiger charge is 2.18. The van der Waals surface area contributed by atoms with Gasteiger partial charge < -0.3 is 5.32 Å². The van der Waals surface area contributed by atoms with Gasteiger partial charge in [0.05, 0.1) is 0 Å². The van der Waals surface area contributed by atoms with Gasteiger partial charge in [-0.1, -0.05) is 61.1 Å². The molecule has 19 heavy (non-hydrogen) atoms. The molecule has 0 saturated heterocycles. The molecule has 0 saturated carbocycles. The summed E-state index contributed by atoms with van der Waals surface area (Å²) >= 11 is 9.93. The minimum absolute atomic E-state index is 0.356. The number of benzene rings is 1. The van der Waals surface area contributed by atoms with Gasteiger partial charge in [-0.25, -0.2) is 0 Å². The van der Waals surface area contributed by atoms with Gasteiger partial charge in [0.2, 0.25) is 0 Å². The molecule has 3 heteroatoms. The molecular formula is C16H25BrClN. The fourth-order valence-corrected chi connectivity index (χ4v) is 3.00. The van der Waals surface area contributed by atoms with Crippen LogP contribution >= 0.6 is 27.5 Å². The van der Waals surface area contributed by atoms with Gasteiger partial charge >= 0.3 is 0 Å². The molecule has 0 radical (unpaired) electrons. The van der Waals surface area contributed by atoms with E-state index in [1.54, 1.807) is 0 Å². The zero-order valence-corrected chi connectivity index (χ0v) is 14.5. The lowest BCUT2D eigenvalue weighted by molar-refractivity contribution is 0.371. The number of hydrogen-bond donors (Lipinski definition) is 1. The van der Waals surface area contributed by atoms with Crippen molar-refractivity contribution in [1.82, 2.24) is 5.32 Å². The van der Waals surface area contributed by atoms with E-state index >= 15 is 0 Å². The average molecular weight is 347 g/mol. The van der Waals surface area contributed by atoms with E-state index in [0.717, 1.165) is 34.8 Å². The Morgan fingerprint density at radius 3 is 2.47 bits per heavy atom. The molecule has 1 N–H and O–H groups in total. The Hall–Kier alpha value is -0.0500. The lowest BCUT2D eigenvalue weighted by Gasteiger charge is -2.24. The van der Waals surface area contributed by atoms with Crippen LogP contribution in [0.4, 0.5) is 0 Å². The summed E-state index contributed by atoms with van der Waals surface area (Å²) in [5.74, 6) is 0.754. The zero-order chi connectivity index (χ0) is 14.3. The van der Waals surface area contributed by atoms with Crippen LogP contribution in [0.1, 0.15) is 58.1 Å². The van der Waals surface area contributed by atoms with E-state index in [9.17, 15) is 0 Å². The SMILES string of the molecule is CCCNC(CC(CC)CC)c1cc(Br)ccc1Cl. The van der Waals surface area contributed by atoms with Crippen LogP contribution in [0, 0.1) is 5.92 Å². The maximum Gasteiger partial charge on any atom is 0.0454 e. The van der Waals surface area contributed by atoms with Gasteiger partial charge in [-0.15, -0.1) is 0 Å². The molecule has 0 heterocycles. The van der Waals surface area contributed by atoms with E-state index < -0.39 is 0 Å². The fraction of sp³-hybridized carbons (Fsp3) is 0.625. The molecule has 0 amide bonds. The van der Waals surface area contributed by atoms with Gasteiger partial charge in [0.15, 0.2) is 0 Å². The lowest BCUT2D eigenvalue weighted by atomic mass is 9.91. The Morgan fingerprint density at radius 1 is 1.21 bits per heavy atom. The molecule has 108 valence electrons. The predicted octanol–water partition coefficient (Wildman–Crippen LogP) is 5.97. The topological polar surface area (TPSA) is 12.0 Å². The molecule has 1 unspecified atom stereocenters. The molecule has 0 aromatic heterocycles. The van der Waals surface area contributed by atoms with Crippen molar-refractivity contribution in [3.05, 3.63) is 33.3 Å². The molecule has 1 nitrogen and oxygen atoms in total. The van der Waals surface area contributed by atoms with Crippen LogP contribution < -0.4 is 5.32 Å². The molecule has 0 spiro atoms. The van der Waals surface area contributed by atoms with Crippen molar-refractivity contribution in [3.8, 4) is 0 Å². The average Bonchev–Trinajstić information content (AvgIpc) is 2.42. The van der Waals surface area contributed by atoms with Gasteiger partial charge in [-0.2, -0.15) is 0 Å². The maximum absolute atomic E-state index is 6.38. The van der Waals surface area contributed by atoms with Crippen molar-refractivity contribution in [2.75, 3.05) is 6.54 Å². The third-order valence-corrected chi connectivity index (χ3v) is 4.54. The normalized spacial score (nSPS) is 12.9. The smallest absolute Gasteiger partial charge is 0.0454 e. The highest BCUT2D eigenvalue weighted by Crippen LogP contribution is 2.32. The van der Waals surface area contributed by atoms with Crippen LogP contribution in [0.15, 0.2) is 22.7 Å². The third-order valence-electron chi connectivity index (χ3n) is 3.70. The van der Waals surface area contributed by atoms with E-state index in [1.807, 2.05) is 12.1 Å². The molecular weight excluding hydrogens is 322 g/mol. The van der Waals surface area contributed by atoms with E-state index in [4.69, 9.17) is 11.6 Å². The Morgan fingerprint density at radius 2 is 1.89 bits per heavy atom. The molecule has 0 fully saturated rings. The lowest BCUT2D eigenvalue weighted by Crippen LogP contribution is -2.24. The molecule has 0 aliphatic rings. The van der Waals surface area contributed by atoms with Gasteiger partial charge in [0.25, 0.3) is 0 Å². The van der Waals surface area contributed by atoms with Crippen LogP contribution in [0.5, 0.6) is 0 Å². The molecule has 1 aromatic carbocycles. The summed E-state index contributed by atoms with van der Waals surface area (Å²) in [4.78, 5) is 0. The molecule has 1 atom stereocenters. The molecule has 1 rings (SSSR count). The van der Waals surface area contributed by atoms with Crippen molar-refractivity contribution in [3.63, 3.8) is 0 Å². The van der Waals surface area contributed by atoms with Crippen molar-refractivity contribution in [2.45, 2.75) is 52.5 Å². The van der Waals surface area contributed by atoms with Crippen LogP contribution in [-0.2, 0) is 0 Å². The zero-order valence-electron chi connectivity index (χ0n) is 12.2. The second-order valence-electron chi connectivity index (χ2n) is 5.09. The predicted molar refractivity (Wildman–Crippen MR) is 88.9 cm³/mol. The summed E-state index contributed by atoms with van der Waals surface area (Å²) in [5.41, 5.74) is 1.22. The molecule has 0 aliphatic carbocycles. The minimum atomic E-state index is 0.356. The Kier molecular flexibility index (Phi) is 8.05.